The van der Waals surface area contributed by atoms with E-state index in [2.05, 4.69) is 5.32 Å². The smallest absolute Gasteiger partial charge is 0.318 e. The van der Waals surface area contributed by atoms with E-state index in [0.717, 1.165) is 11.3 Å². The molecule has 1 aromatic carbocycles. The standard InChI is InChI=1S/C12H15ClN2O2/c1-3-15-7-10(14-12(15)16)9-6-8(13)4-5-11(9)17-2/h4-6,10H,3,7H2,1-2H3,(H,14,16). The Labute approximate surface area is 106 Å². The van der Waals surface area contributed by atoms with E-state index in [1.165, 1.54) is 0 Å². The molecule has 4 nitrogen and oxygen atoms in total. The molecule has 1 aliphatic rings. The zero-order valence-electron chi connectivity index (χ0n) is 9.87. The van der Waals surface area contributed by atoms with E-state index in [9.17, 15) is 4.79 Å². The van der Waals surface area contributed by atoms with E-state index < -0.39 is 0 Å². The lowest BCUT2D eigenvalue weighted by atomic mass is 10.1. The van der Waals surface area contributed by atoms with E-state index in [-0.39, 0.29) is 12.1 Å². The predicted molar refractivity (Wildman–Crippen MR) is 66.5 cm³/mol. The van der Waals surface area contributed by atoms with E-state index >= 15 is 0 Å². The first-order valence-corrected chi connectivity index (χ1v) is 5.92. The van der Waals surface area contributed by atoms with Crippen LogP contribution < -0.4 is 10.1 Å². The van der Waals surface area contributed by atoms with Crippen molar-refractivity contribution in [1.29, 1.82) is 0 Å². The summed E-state index contributed by atoms with van der Waals surface area (Å²) < 4.78 is 5.29. The van der Waals surface area contributed by atoms with Gasteiger partial charge in [0.2, 0.25) is 0 Å². The molecule has 1 aliphatic heterocycles. The zero-order valence-corrected chi connectivity index (χ0v) is 10.6. The van der Waals surface area contributed by atoms with Crippen LogP contribution in [0.5, 0.6) is 5.75 Å². The highest BCUT2D eigenvalue weighted by molar-refractivity contribution is 6.30. The number of hydrogen-bond donors (Lipinski definition) is 1. The summed E-state index contributed by atoms with van der Waals surface area (Å²) in [6.07, 6.45) is 0. The molecule has 1 heterocycles. The Kier molecular flexibility index (Phi) is 3.43. The van der Waals surface area contributed by atoms with Gasteiger partial charge in [-0.25, -0.2) is 4.79 Å². The Morgan fingerprint density at radius 3 is 2.94 bits per heavy atom. The average Bonchev–Trinajstić information content (AvgIpc) is 2.70. The van der Waals surface area contributed by atoms with Crippen LogP contribution in [-0.4, -0.2) is 31.1 Å². The monoisotopic (exact) mass is 254 g/mol. The molecule has 1 unspecified atom stereocenters. The molecule has 0 spiro atoms. The van der Waals surface area contributed by atoms with Crippen LogP contribution in [0.1, 0.15) is 18.5 Å². The number of carbonyl (C=O) groups is 1. The SMILES string of the molecule is CCN1CC(c2cc(Cl)ccc2OC)NC1=O. The molecule has 1 atom stereocenters. The first-order chi connectivity index (χ1) is 8.15. The molecule has 0 aromatic heterocycles. The number of ether oxygens (including phenoxy) is 1. The van der Waals surface area contributed by atoms with Crippen LogP contribution in [0.15, 0.2) is 18.2 Å². The van der Waals surface area contributed by atoms with Crippen molar-refractivity contribution in [3.63, 3.8) is 0 Å². The van der Waals surface area contributed by atoms with Gasteiger partial charge in [-0.3, -0.25) is 0 Å². The van der Waals surface area contributed by atoms with Crippen LogP contribution in [0, 0.1) is 0 Å². The number of nitrogens with one attached hydrogen (secondary N) is 1. The number of benzene rings is 1. The summed E-state index contributed by atoms with van der Waals surface area (Å²) in [5.41, 5.74) is 0.921. The van der Waals surface area contributed by atoms with Gasteiger partial charge in [0.05, 0.1) is 13.2 Å². The minimum absolute atomic E-state index is 0.0421. The highest BCUT2D eigenvalue weighted by atomic mass is 35.5. The Balaban J connectivity index is 2.29. The number of methoxy groups -OCH3 is 1. The lowest BCUT2D eigenvalue weighted by Crippen LogP contribution is -2.27. The van der Waals surface area contributed by atoms with Gasteiger partial charge < -0.3 is 15.0 Å². The number of nitrogens with zero attached hydrogens (tertiary/aromatic N) is 1. The number of rotatable bonds is 3. The molecule has 1 saturated heterocycles. The second-order valence-electron chi connectivity index (χ2n) is 3.93. The topological polar surface area (TPSA) is 41.6 Å². The molecule has 0 radical (unpaired) electrons. The van der Waals surface area contributed by atoms with Gasteiger partial charge in [-0.15, -0.1) is 0 Å². The third-order valence-corrected chi connectivity index (χ3v) is 3.17. The molecule has 5 heteroatoms. The van der Waals surface area contributed by atoms with Crippen molar-refractivity contribution in [2.45, 2.75) is 13.0 Å². The summed E-state index contributed by atoms with van der Waals surface area (Å²) in [6, 6.07) is 5.33. The van der Waals surface area contributed by atoms with Crippen LogP contribution >= 0.6 is 11.6 Å². The van der Waals surface area contributed by atoms with Crippen molar-refractivity contribution >= 4 is 17.6 Å². The van der Waals surface area contributed by atoms with E-state index in [1.54, 1.807) is 18.1 Å². The van der Waals surface area contributed by atoms with Crippen LogP contribution in [0.2, 0.25) is 5.02 Å². The third-order valence-electron chi connectivity index (χ3n) is 2.94. The molecule has 2 amide bonds. The van der Waals surface area contributed by atoms with Crippen LogP contribution in [0.3, 0.4) is 0 Å². The highest BCUT2D eigenvalue weighted by Crippen LogP contribution is 2.30. The minimum atomic E-state index is -0.0592. The number of halogens is 1. The first-order valence-electron chi connectivity index (χ1n) is 5.54. The van der Waals surface area contributed by atoms with Gasteiger partial charge in [0.1, 0.15) is 5.75 Å². The Morgan fingerprint density at radius 1 is 1.59 bits per heavy atom. The van der Waals surface area contributed by atoms with Gasteiger partial charge in [-0.05, 0) is 25.1 Å². The predicted octanol–water partition coefficient (Wildman–Crippen LogP) is 2.43. The van der Waals surface area contributed by atoms with Gasteiger partial charge in [-0.2, -0.15) is 0 Å². The number of carbonyl (C=O) groups excluding carboxylic acids is 1. The summed E-state index contributed by atoms with van der Waals surface area (Å²) in [5.74, 6) is 0.748. The summed E-state index contributed by atoms with van der Waals surface area (Å²) in [5, 5.41) is 3.56. The lowest BCUT2D eigenvalue weighted by molar-refractivity contribution is 0.219. The Morgan fingerprint density at radius 2 is 2.35 bits per heavy atom. The van der Waals surface area contributed by atoms with Crippen LogP contribution in [0.4, 0.5) is 4.79 Å². The molecule has 17 heavy (non-hydrogen) atoms. The summed E-state index contributed by atoms with van der Waals surface area (Å²) in [4.78, 5) is 13.4. The molecule has 1 N–H and O–H groups in total. The lowest BCUT2D eigenvalue weighted by Gasteiger charge is -2.15. The molecule has 0 bridgehead atoms. The van der Waals surface area contributed by atoms with E-state index in [1.807, 2.05) is 19.1 Å². The van der Waals surface area contributed by atoms with Crippen LogP contribution in [0.25, 0.3) is 0 Å². The van der Waals surface area contributed by atoms with Gasteiger partial charge >= 0.3 is 6.03 Å². The quantitative estimate of drug-likeness (QED) is 0.900. The normalized spacial score (nSPS) is 19.4. The van der Waals surface area contributed by atoms with Gasteiger partial charge in [-0.1, -0.05) is 11.6 Å². The molecule has 0 aliphatic carbocycles. The molecular formula is C12H15ClN2O2. The Hall–Kier alpha value is -1.42. The number of urea groups is 1. The van der Waals surface area contributed by atoms with Gasteiger partial charge in [0.15, 0.2) is 0 Å². The minimum Gasteiger partial charge on any atom is -0.496 e. The molecule has 1 fully saturated rings. The van der Waals surface area contributed by atoms with Crippen molar-refractivity contribution in [1.82, 2.24) is 10.2 Å². The van der Waals surface area contributed by atoms with Crippen molar-refractivity contribution in [3.8, 4) is 5.75 Å². The van der Waals surface area contributed by atoms with Crippen molar-refractivity contribution < 1.29 is 9.53 Å². The molecular weight excluding hydrogens is 240 g/mol. The third kappa shape index (κ3) is 2.31. The second-order valence-corrected chi connectivity index (χ2v) is 4.36. The molecule has 92 valence electrons. The second kappa shape index (κ2) is 4.84. The number of likely N-dealkylation sites (N-methyl/N-ethyl adjacent to an activating group) is 1. The van der Waals surface area contributed by atoms with Crippen LogP contribution in [-0.2, 0) is 0 Å². The summed E-state index contributed by atoms with van der Waals surface area (Å²) in [6.45, 7) is 3.30. The maximum atomic E-state index is 11.6. The zero-order chi connectivity index (χ0) is 12.4. The van der Waals surface area contributed by atoms with Crippen molar-refractivity contribution in [2.24, 2.45) is 0 Å². The fourth-order valence-electron chi connectivity index (χ4n) is 2.02. The maximum absolute atomic E-state index is 11.6. The van der Waals surface area contributed by atoms with Crippen molar-refractivity contribution in [2.75, 3.05) is 20.2 Å². The number of amides is 2. The average molecular weight is 255 g/mol. The van der Waals surface area contributed by atoms with Gasteiger partial charge in [0, 0.05) is 23.7 Å². The van der Waals surface area contributed by atoms with E-state index in [0.29, 0.717) is 18.1 Å². The van der Waals surface area contributed by atoms with Crippen molar-refractivity contribution in [3.05, 3.63) is 28.8 Å². The maximum Gasteiger partial charge on any atom is 0.318 e. The highest BCUT2D eigenvalue weighted by Gasteiger charge is 2.30. The molecule has 2 rings (SSSR count). The molecule has 1 aromatic rings. The number of hydrogen-bond acceptors (Lipinski definition) is 2. The first kappa shape index (κ1) is 12.0. The summed E-state index contributed by atoms with van der Waals surface area (Å²) in [7, 11) is 1.61. The molecule has 0 saturated carbocycles. The largest absolute Gasteiger partial charge is 0.496 e. The van der Waals surface area contributed by atoms with Gasteiger partial charge in [0.25, 0.3) is 0 Å². The summed E-state index contributed by atoms with van der Waals surface area (Å²) >= 11 is 5.98. The fraction of sp³-hybridized carbons (Fsp3) is 0.417. The fourth-order valence-corrected chi connectivity index (χ4v) is 2.20. The van der Waals surface area contributed by atoms with E-state index in [4.69, 9.17) is 16.3 Å². The Bertz CT molecular complexity index is 437.